The zero-order valence-electron chi connectivity index (χ0n) is 11.9. The maximum absolute atomic E-state index is 11.9. The first-order chi connectivity index (χ1) is 9.90. The molecule has 2 rings (SSSR count). The molecule has 110 valence electrons. The number of hydrogen-bond acceptors (Lipinski definition) is 5. The fourth-order valence-corrected chi connectivity index (χ4v) is 1.83. The minimum Gasteiger partial charge on any atom is -0.348 e. The molecule has 8 heteroatoms. The van der Waals surface area contributed by atoms with Gasteiger partial charge in [0.2, 0.25) is 0 Å². The molecule has 1 aromatic carbocycles. The van der Waals surface area contributed by atoms with Crippen LogP contribution in [0.5, 0.6) is 0 Å². The number of carbonyl (C=O) groups is 1. The molecule has 0 bridgehead atoms. The summed E-state index contributed by atoms with van der Waals surface area (Å²) in [5.74, 6) is -0.296. The second-order valence-corrected chi connectivity index (χ2v) is 4.84. The first-order valence-corrected chi connectivity index (χ1v) is 6.38. The van der Waals surface area contributed by atoms with E-state index in [0.29, 0.717) is 11.4 Å². The molecule has 1 aromatic heterocycles. The quantitative estimate of drug-likeness (QED) is 0.680. The van der Waals surface area contributed by atoms with Crippen molar-refractivity contribution in [2.24, 2.45) is 0 Å². The Morgan fingerprint density at radius 2 is 1.95 bits per heavy atom. The molecule has 0 aliphatic heterocycles. The highest BCUT2D eigenvalue weighted by Gasteiger charge is 2.18. The Hall–Kier alpha value is -2.77. The fraction of sp³-hybridized carbons (Fsp3) is 0.308. The van der Waals surface area contributed by atoms with Crippen molar-refractivity contribution in [3.63, 3.8) is 0 Å². The van der Waals surface area contributed by atoms with Crippen LogP contribution in [0, 0.1) is 17.0 Å². The number of aromatic nitrogens is 3. The van der Waals surface area contributed by atoms with Crippen molar-refractivity contribution in [3.05, 3.63) is 45.8 Å². The Morgan fingerprint density at radius 1 is 1.33 bits per heavy atom. The number of benzene rings is 1. The lowest BCUT2D eigenvalue weighted by Gasteiger charge is -2.07. The van der Waals surface area contributed by atoms with Crippen molar-refractivity contribution in [2.75, 3.05) is 0 Å². The van der Waals surface area contributed by atoms with E-state index in [9.17, 15) is 14.9 Å². The second-order valence-electron chi connectivity index (χ2n) is 4.84. The van der Waals surface area contributed by atoms with E-state index in [1.165, 1.54) is 16.8 Å². The van der Waals surface area contributed by atoms with Gasteiger partial charge >= 0.3 is 0 Å². The molecule has 2 aromatic rings. The largest absolute Gasteiger partial charge is 0.348 e. The van der Waals surface area contributed by atoms with Gasteiger partial charge in [0.1, 0.15) is 0 Å². The second kappa shape index (κ2) is 5.70. The number of nitro groups is 1. The summed E-state index contributed by atoms with van der Waals surface area (Å²) in [4.78, 5) is 22.1. The van der Waals surface area contributed by atoms with Crippen molar-refractivity contribution in [1.29, 1.82) is 0 Å². The van der Waals surface area contributed by atoms with Gasteiger partial charge in [0.15, 0.2) is 5.69 Å². The number of carbonyl (C=O) groups excluding carboxylic acids is 1. The van der Waals surface area contributed by atoms with Gasteiger partial charge in [0.25, 0.3) is 11.6 Å². The van der Waals surface area contributed by atoms with Gasteiger partial charge in [-0.2, -0.15) is 0 Å². The van der Waals surface area contributed by atoms with Gasteiger partial charge in [0.05, 0.1) is 16.3 Å². The maximum atomic E-state index is 11.9. The Morgan fingerprint density at radius 3 is 2.48 bits per heavy atom. The average Bonchev–Trinajstić information content (AvgIpc) is 2.80. The first kappa shape index (κ1) is 14.6. The highest BCUT2D eigenvalue weighted by molar-refractivity contribution is 5.93. The number of amides is 1. The van der Waals surface area contributed by atoms with E-state index in [1.54, 1.807) is 19.1 Å². The van der Waals surface area contributed by atoms with Gasteiger partial charge in [0, 0.05) is 18.2 Å². The lowest BCUT2D eigenvalue weighted by molar-refractivity contribution is -0.384. The average molecular weight is 289 g/mol. The predicted octanol–water partition coefficient (Wildman–Crippen LogP) is 1.62. The van der Waals surface area contributed by atoms with Crippen LogP contribution in [-0.4, -0.2) is 31.9 Å². The van der Waals surface area contributed by atoms with Crippen LogP contribution < -0.4 is 5.32 Å². The van der Waals surface area contributed by atoms with Gasteiger partial charge in [-0.05, 0) is 32.9 Å². The van der Waals surface area contributed by atoms with Crippen molar-refractivity contribution in [2.45, 2.75) is 26.8 Å². The molecule has 0 radical (unpaired) electrons. The van der Waals surface area contributed by atoms with Crippen LogP contribution in [0.3, 0.4) is 0 Å². The smallest absolute Gasteiger partial charge is 0.273 e. The van der Waals surface area contributed by atoms with E-state index >= 15 is 0 Å². The molecule has 21 heavy (non-hydrogen) atoms. The van der Waals surface area contributed by atoms with E-state index in [1.807, 2.05) is 13.8 Å². The van der Waals surface area contributed by atoms with E-state index in [4.69, 9.17) is 0 Å². The monoisotopic (exact) mass is 289 g/mol. The molecule has 1 amide bonds. The van der Waals surface area contributed by atoms with Crippen molar-refractivity contribution in [3.8, 4) is 5.69 Å². The summed E-state index contributed by atoms with van der Waals surface area (Å²) >= 11 is 0. The SMILES string of the molecule is Cc1c(C(=O)NC(C)C)nnn1-c1ccc([N+](=O)[O-])cc1. The van der Waals surface area contributed by atoms with Crippen LogP contribution >= 0.6 is 0 Å². The van der Waals surface area contributed by atoms with E-state index in [-0.39, 0.29) is 23.3 Å². The minimum atomic E-state index is -0.473. The predicted molar refractivity (Wildman–Crippen MR) is 75.4 cm³/mol. The molecule has 0 spiro atoms. The molecule has 0 saturated heterocycles. The number of nitrogens with one attached hydrogen (secondary N) is 1. The minimum absolute atomic E-state index is 0.00132. The van der Waals surface area contributed by atoms with Crippen molar-refractivity contribution >= 4 is 11.6 Å². The van der Waals surface area contributed by atoms with E-state index in [0.717, 1.165) is 0 Å². The van der Waals surface area contributed by atoms with Gasteiger partial charge in [-0.15, -0.1) is 5.10 Å². The lowest BCUT2D eigenvalue weighted by atomic mass is 10.2. The zero-order chi connectivity index (χ0) is 15.6. The van der Waals surface area contributed by atoms with E-state index < -0.39 is 4.92 Å². The molecule has 0 aliphatic rings. The Labute approximate surface area is 120 Å². The summed E-state index contributed by atoms with van der Waals surface area (Å²) < 4.78 is 1.47. The first-order valence-electron chi connectivity index (χ1n) is 6.38. The fourth-order valence-electron chi connectivity index (χ4n) is 1.83. The summed E-state index contributed by atoms with van der Waals surface area (Å²) in [6.45, 7) is 5.43. The van der Waals surface area contributed by atoms with Gasteiger partial charge < -0.3 is 5.32 Å². The molecular weight excluding hydrogens is 274 g/mol. The van der Waals surface area contributed by atoms with Gasteiger partial charge in [-0.25, -0.2) is 4.68 Å². The number of nitro benzene ring substituents is 1. The van der Waals surface area contributed by atoms with Crippen LogP contribution in [0.1, 0.15) is 30.0 Å². The van der Waals surface area contributed by atoms with Crippen LogP contribution in [0.2, 0.25) is 0 Å². The molecule has 1 N–H and O–H groups in total. The molecule has 0 saturated carbocycles. The molecular formula is C13H15N5O3. The van der Waals surface area contributed by atoms with Gasteiger partial charge in [-0.3, -0.25) is 14.9 Å². The molecule has 8 nitrogen and oxygen atoms in total. The van der Waals surface area contributed by atoms with Crippen LogP contribution in [0.4, 0.5) is 5.69 Å². The number of nitrogens with zero attached hydrogens (tertiary/aromatic N) is 4. The molecule has 0 unspecified atom stereocenters. The van der Waals surface area contributed by atoms with Crippen LogP contribution in [0.15, 0.2) is 24.3 Å². The number of rotatable bonds is 4. The summed E-state index contributed by atoms with van der Waals surface area (Å²) in [5, 5.41) is 21.2. The molecule has 1 heterocycles. The van der Waals surface area contributed by atoms with E-state index in [2.05, 4.69) is 15.6 Å². The maximum Gasteiger partial charge on any atom is 0.273 e. The van der Waals surface area contributed by atoms with Crippen LogP contribution in [-0.2, 0) is 0 Å². The molecule has 0 aliphatic carbocycles. The summed E-state index contributed by atoms with van der Waals surface area (Å²) in [6.07, 6.45) is 0. The van der Waals surface area contributed by atoms with Crippen LogP contribution in [0.25, 0.3) is 5.69 Å². The number of hydrogen-bond donors (Lipinski definition) is 1. The standard InChI is InChI=1S/C13H15N5O3/c1-8(2)14-13(19)12-9(3)17(16-15-12)10-4-6-11(7-5-10)18(20)21/h4-8H,1-3H3,(H,14,19). The van der Waals surface area contributed by atoms with Crippen molar-refractivity contribution in [1.82, 2.24) is 20.3 Å². The third-order valence-electron chi connectivity index (χ3n) is 2.83. The normalized spacial score (nSPS) is 10.7. The lowest BCUT2D eigenvalue weighted by Crippen LogP contribution is -2.30. The van der Waals surface area contributed by atoms with Gasteiger partial charge in [-0.1, -0.05) is 5.21 Å². The third kappa shape index (κ3) is 3.04. The molecule has 0 atom stereocenters. The number of non-ortho nitro benzene ring substituents is 1. The van der Waals surface area contributed by atoms with Crippen molar-refractivity contribution < 1.29 is 9.72 Å². The summed E-state index contributed by atoms with van der Waals surface area (Å²) in [5.41, 5.74) is 1.41. The summed E-state index contributed by atoms with van der Waals surface area (Å²) in [7, 11) is 0. The Kier molecular flexibility index (Phi) is 3.97. The summed E-state index contributed by atoms with van der Waals surface area (Å²) in [6, 6.07) is 5.88. The highest BCUT2D eigenvalue weighted by atomic mass is 16.6. The third-order valence-corrected chi connectivity index (χ3v) is 2.83. The topological polar surface area (TPSA) is 103 Å². The Bertz CT molecular complexity index is 676. The molecule has 0 fully saturated rings. The highest BCUT2D eigenvalue weighted by Crippen LogP contribution is 2.17. The zero-order valence-corrected chi connectivity index (χ0v) is 11.9. The Balaban J connectivity index is 2.31.